The van der Waals surface area contributed by atoms with Gasteiger partial charge < -0.3 is 14.3 Å². The Hall–Kier alpha value is -2.44. The number of ketones is 1. The fourth-order valence-corrected chi connectivity index (χ4v) is 5.88. The molecule has 0 aromatic heterocycles. The highest BCUT2D eigenvalue weighted by molar-refractivity contribution is 6.75. The first-order chi connectivity index (χ1) is 14.4. The predicted octanol–water partition coefficient (Wildman–Crippen LogP) is 5.75. The van der Waals surface area contributed by atoms with Crippen LogP contribution in [-0.2, 0) is 0 Å². The van der Waals surface area contributed by atoms with Crippen LogP contribution in [0.1, 0.15) is 65.6 Å². The van der Waals surface area contributed by atoms with Gasteiger partial charge in [-0.25, -0.2) is 0 Å². The number of Topliss-reactive ketones (excluding diaryl/α,β-unsaturated/α-hetero) is 1. The summed E-state index contributed by atoms with van der Waals surface area (Å²) in [6.45, 7) is 14.6. The first-order valence-electron chi connectivity index (χ1n) is 10.5. The number of carbonyl (C=O) groups is 2. The van der Waals surface area contributed by atoms with Crippen molar-refractivity contribution in [3.63, 3.8) is 0 Å². The monoisotopic (exact) mass is 442 g/mol. The van der Waals surface area contributed by atoms with E-state index in [2.05, 4.69) is 40.8 Å². The molecule has 2 aromatic carbocycles. The minimum atomic E-state index is -2.37. The molecule has 2 aromatic rings. The molecular weight excluding hydrogens is 408 g/mol. The van der Waals surface area contributed by atoms with Crippen molar-refractivity contribution in [3.8, 4) is 11.5 Å². The van der Waals surface area contributed by atoms with Gasteiger partial charge in [0.15, 0.2) is 12.1 Å². The fraction of sp³-hybridized carbons (Fsp3) is 0.440. The first-order valence-corrected chi connectivity index (χ1v) is 13.4. The number of aliphatic hydroxyl groups excluding tert-OH is 1. The Morgan fingerprint density at radius 1 is 1.13 bits per heavy atom. The third-order valence-electron chi connectivity index (χ3n) is 6.85. The lowest BCUT2D eigenvalue weighted by molar-refractivity contribution is 0.0743. The Bertz CT molecular complexity index is 948. The zero-order valence-electron chi connectivity index (χ0n) is 19.8. The van der Waals surface area contributed by atoms with E-state index in [-0.39, 0.29) is 16.2 Å². The van der Waals surface area contributed by atoms with Gasteiger partial charge in [0.05, 0.1) is 12.7 Å². The Balaban J connectivity index is 2.65. The summed E-state index contributed by atoms with van der Waals surface area (Å²) >= 11 is 0. The van der Waals surface area contributed by atoms with Crippen molar-refractivity contribution >= 4 is 20.4 Å². The van der Waals surface area contributed by atoms with Crippen LogP contribution in [0.3, 0.4) is 0 Å². The Kier molecular flexibility index (Phi) is 7.50. The maximum atomic E-state index is 13.3. The van der Waals surface area contributed by atoms with Gasteiger partial charge in [0.25, 0.3) is 8.32 Å². The smallest absolute Gasteiger partial charge is 0.251 e. The van der Waals surface area contributed by atoms with E-state index in [1.807, 2.05) is 6.07 Å². The van der Waals surface area contributed by atoms with E-state index in [1.54, 1.807) is 37.3 Å². The summed E-state index contributed by atoms with van der Waals surface area (Å²) in [4.78, 5) is 25.5. The van der Waals surface area contributed by atoms with Crippen LogP contribution >= 0.6 is 0 Å². The predicted molar refractivity (Wildman–Crippen MR) is 126 cm³/mol. The molecule has 2 rings (SSSR count). The third-order valence-corrected chi connectivity index (χ3v) is 11.3. The van der Waals surface area contributed by atoms with Gasteiger partial charge in [0.2, 0.25) is 0 Å². The van der Waals surface area contributed by atoms with Crippen LogP contribution in [-0.4, -0.2) is 32.6 Å². The topological polar surface area (TPSA) is 72.8 Å². The molecule has 0 bridgehead atoms. The summed E-state index contributed by atoms with van der Waals surface area (Å²) < 4.78 is 12.0. The molecule has 0 fully saturated rings. The number of hydrogen-bond acceptors (Lipinski definition) is 5. The molecule has 0 spiro atoms. The Morgan fingerprint density at radius 2 is 1.71 bits per heavy atom. The lowest BCUT2D eigenvalue weighted by Gasteiger charge is -2.42. The molecule has 1 N–H and O–H groups in total. The van der Waals surface area contributed by atoms with Crippen molar-refractivity contribution in [2.24, 2.45) is 5.92 Å². The summed E-state index contributed by atoms with van der Waals surface area (Å²) in [5.74, 6) is 0.571. The van der Waals surface area contributed by atoms with E-state index in [0.29, 0.717) is 34.8 Å². The summed E-state index contributed by atoms with van der Waals surface area (Å²) in [5.41, 5.74) is 1.25. The van der Waals surface area contributed by atoms with Crippen molar-refractivity contribution < 1.29 is 23.9 Å². The molecule has 0 saturated heterocycles. The highest BCUT2D eigenvalue weighted by atomic mass is 28.4. The quantitative estimate of drug-likeness (QED) is 0.304. The van der Waals surface area contributed by atoms with Crippen molar-refractivity contribution in [1.29, 1.82) is 0 Å². The van der Waals surface area contributed by atoms with E-state index in [9.17, 15) is 14.7 Å². The Morgan fingerprint density at radius 3 is 2.19 bits per heavy atom. The maximum absolute atomic E-state index is 13.3. The molecule has 6 heteroatoms. The second kappa shape index (κ2) is 9.36. The average molecular weight is 443 g/mol. The van der Waals surface area contributed by atoms with Gasteiger partial charge in [-0.3, -0.25) is 9.59 Å². The standard InChI is InChI=1S/C25H34O5Si/c1-16(2)25(4,5)31(7,8)30-21-14-20(29-6)17(3)22(19(21)15-26)24(28)23(27)18-12-10-9-11-13-18/h9-16,23,27H,1-8H3. The zero-order chi connectivity index (χ0) is 23.6. The molecule has 0 heterocycles. The van der Waals surface area contributed by atoms with Crippen LogP contribution in [0.2, 0.25) is 18.1 Å². The number of benzene rings is 2. The zero-order valence-corrected chi connectivity index (χ0v) is 20.8. The van der Waals surface area contributed by atoms with Crippen LogP contribution in [0.25, 0.3) is 0 Å². The number of aliphatic hydroxyl groups is 1. The maximum Gasteiger partial charge on any atom is 0.251 e. The van der Waals surface area contributed by atoms with Crippen LogP contribution in [0.15, 0.2) is 36.4 Å². The van der Waals surface area contributed by atoms with Crippen LogP contribution in [0.4, 0.5) is 0 Å². The fourth-order valence-electron chi connectivity index (χ4n) is 3.51. The number of methoxy groups -OCH3 is 1. The molecule has 168 valence electrons. The van der Waals surface area contributed by atoms with Gasteiger partial charge >= 0.3 is 0 Å². The van der Waals surface area contributed by atoms with Gasteiger partial charge in [0.1, 0.15) is 17.6 Å². The summed E-state index contributed by atoms with van der Waals surface area (Å²) in [6, 6.07) is 10.3. The summed E-state index contributed by atoms with van der Waals surface area (Å²) in [6.07, 6.45) is -0.754. The summed E-state index contributed by atoms with van der Waals surface area (Å²) in [7, 11) is -0.864. The largest absolute Gasteiger partial charge is 0.543 e. The molecular formula is C25H34O5Si. The lowest BCUT2D eigenvalue weighted by atomic mass is 9.92. The van der Waals surface area contributed by atoms with E-state index in [1.165, 1.54) is 7.11 Å². The van der Waals surface area contributed by atoms with Crippen LogP contribution in [0, 0.1) is 12.8 Å². The molecule has 0 aliphatic heterocycles. The SMILES string of the molecule is COc1cc(O[Si](C)(C)C(C)(C)C(C)C)c(C=O)c(C(=O)C(O)c2ccccc2)c1C. The van der Waals surface area contributed by atoms with E-state index in [0.717, 1.165) is 0 Å². The number of rotatable bonds is 9. The number of hydrogen-bond donors (Lipinski definition) is 1. The highest BCUT2D eigenvalue weighted by Crippen LogP contribution is 2.46. The van der Waals surface area contributed by atoms with E-state index >= 15 is 0 Å². The molecule has 1 unspecified atom stereocenters. The van der Waals surface area contributed by atoms with Crippen molar-refractivity contribution in [2.45, 2.75) is 58.9 Å². The molecule has 0 aliphatic carbocycles. The molecule has 0 saturated carbocycles. The summed E-state index contributed by atoms with van der Waals surface area (Å²) in [5, 5.41) is 10.6. The molecule has 1 atom stereocenters. The molecule has 0 radical (unpaired) electrons. The van der Waals surface area contributed by atoms with E-state index < -0.39 is 20.2 Å². The average Bonchev–Trinajstić information content (AvgIpc) is 2.73. The van der Waals surface area contributed by atoms with Crippen molar-refractivity contribution in [3.05, 3.63) is 58.7 Å². The Labute approximate surface area is 186 Å². The molecule has 0 aliphatic rings. The van der Waals surface area contributed by atoms with Gasteiger partial charge in [-0.15, -0.1) is 0 Å². The molecule has 0 amide bonds. The molecule has 5 nitrogen and oxygen atoms in total. The van der Waals surface area contributed by atoms with E-state index in [4.69, 9.17) is 9.16 Å². The number of aldehydes is 1. The third kappa shape index (κ3) is 4.75. The minimum absolute atomic E-state index is 0.0982. The number of carbonyl (C=O) groups excluding carboxylic acids is 2. The number of ether oxygens (including phenoxy) is 1. The van der Waals surface area contributed by atoms with Gasteiger partial charge in [0, 0.05) is 17.2 Å². The highest BCUT2D eigenvalue weighted by Gasteiger charge is 2.45. The van der Waals surface area contributed by atoms with Crippen molar-refractivity contribution in [2.75, 3.05) is 7.11 Å². The van der Waals surface area contributed by atoms with Gasteiger partial charge in [-0.05, 0) is 36.5 Å². The van der Waals surface area contributed by atoms with Gasteiger partial charge in [-0.1, -0.05) is 58.0 Å². The first kappa shape index (κ1) is 24.8. The van der Waals surface area contributed by atoms with Crippen molar-refractivity contribution in [1.82, 2.24) is 0 Å². The lowest BCUT2D eigenvalue weighted by Crippen LogP contribution is -2.48. The minimum Gasteiger partial charge on any atom is -0.543 e. The van der Waals surface area contributed by atoms with Gasteiger partial charge in [-0.2, -0.15) is 0 Å². The van der Waals surface area contributed by atoms with Crippen LogP contribution in [0.5, 0.6) is 11.5 Å². The molecule has 31 heavy (non-hydrogen) atoms. The van der Waals surface area contributed by atoms with Crippen LogP contribution < -0.4 is 9.16 Å². The second-order valence-electron chi connectivity index (χ2n) is 9.27. The second-order valence-corrected chi connectivity index (χ2v) is 13.8. The normalized spacial score (nSPS) is 13.1.